The molecule has 3 rings (SSSR count). The summed E-state index contributed by atoms with van der Waals surface area (Å²) in [6, 6.07) is 7.01. The minimum absolute atomic E-state index is 0.118. The lowest BCUT2D eigenvalue weighted by Crippen LogP contribution is -2.39. The molecule has 2 aromatic rings. The number of nitrogens with one attached hydrogen (secondary N) is 1. The summed E-state index contributed by atoms with van der Waals surface area (Å²) in [5.74, 6) is 0.630. The third-order valence-electron chi connectivity index (χ3n) is 4.22. The van der Waals surface area contributed by atoms with E-state index in [1.54, 1.807) is 51.2 Å². The van der Waals surface area contributed by atoms with E-state index in [4.69, 9.17) is 9.47 Å². The highest BCUT2D eigenvalue weighted by molar-refractivity contribution is 6.08. The van der Waals surface area contributed by atoms with E-state index in [1.807, 2.05) is 13.8 Å². The quantitative estimate of drug-likeness (QED) is 0.728. The number of benzene rings is 1. The van der Waals surface area contributed by atoms with Gasteiger partial charge in [-0.1, -0.05) is 0 Å². The summed E-state index contributed by atoms with van der Waals surface area (Å²) >= 11 is 0. The number of aromatic nitrogens is 2. The van der Waals surface area contributed by atoms with Gasteiger partial charge < -0.3 is 14.8 Å². The fourth-order valence-electron chi connectivity index (χ4n) is 3.06. The molecule has 1 aromatic carbocycles. The number of amides is 1. The van der Waals surface area contributed by atoms with Crippen LogP contribution in [0.1, 0.15) is 50.5 Å². The summed E-state index contributed by atoms with van der Waals surface area (Å²) < 4.78 is 11.0. The molecule has 1 N–H and O–H groups in total. The van der Waals surface area contributed by atoms with E-state index >= 15 is 0 Å². The van der Waals surface area contributed by atoms with E-state index in [-0.39, 0.29) is 18.5 Å². The van der Waals surface area contributed by atoms with Gasteiger partial charge in [0, 0.05) is 24.2 Å². The van der Waals surface area contributed by atoms with Crippen molar-refractivity contribution in [2.24, 2.45) is 0 Å². The molecule has 0 spiro atoms. The first-order valence-corrected chi connectivity index (χ1v) is 10.0. The highest BCUT2D eigenvalue weighted by Crippen LogP contribution is 2.27. The molecule has 0 atom stereocenters. The van der Waals surface area contributed by atoms with Crippen molar-refractivity contribution in [2.75, 3.05) is 23.4 Å². The maximum Gasteiger partial charge on any atom is 0.326 e. The van der Waals surface area contributed by atoms with Crippen LogP contribution in [0.25, 0.3) is 0 Å². The molecule has 0 unspecified atom stereocenters. The fourth-order valence-corrected chi connectivity index (χ4v) is 3.06. The first-order valence-electron chi connectivity index (χ1n) is 10.0. The van der Waals surface area contributed by atoms with Gasteiger partial charge in [0.1, 0.15) is 23.7 Å². The van der Waals surface area contributed by atoms with Gasteiger partial charge in [-0.05, 0) is 64.4 Å². The summed E-state index contributed by atoms with van der Waals surface area (Å²) in [6.07, 6.45) is 2.30. The van der Waals surface area contributed by atoms with Crippen LogP contribution in [-0.2, 0) is 16.0 Å². The summed E-state index contributed by atoms with van der Waals surface area (Å²) in [4.78, 5) is 35.8. The second kappa shape index (κ2) is 8.69. The lowest BCUT2D eigenvalue weighted by molar-refractivity contribution is -0.152. The van der Waals surface area contributed by atoms with Gasteiger partial charge in [0.05, 0.1) is 6.61 Å². The van der Waals surface area contributed by atoms with Gasteiger partial charge in [-0.2, -0.15) is 4.98 Å². The zero-order chi connectivity index (χ0) is 21.9. The van der Waals surface area contributed by atoms with E-state index in [1.165, 1.54) is 4.90 Å². The van der Waals surface area contributed by atoms with Crippen molar-refractivity contribution in [3.8, 4) is 5.75 Å². The van der Waals surface area contributed by atoms with Crippen molar-refractivity contribution < 1.29 is 19.1 Å². The number of hydrogen-bond donors (Lipinski definition) is 1. The van der Waals surface area contributed by atoms with E-state index < -0.39 is 11.6 Å². The van der Waals surface area contributed by atoms with Crippen LogP contribution in [0.2, 0.25) is 0 Å². The molecule has 2 heterocycles. The van der Waals surface area contributed by atoms with Crippen molar-refractivity contribution >= 4 is 23.6 Å². The van der Waals surface area contributed by atoms with E-state index in [0.717, 1.165) is 17.7 Å². The monoisotopic (exact) mass is 412 g/mol. The Morgan fingerprint density at radius 1 is 1.27 bits per heavy atom. The molecule has 1 aromatic heterocycles. The number of nitrogens with zero attached hydrogens (tertiary/aromatic N) is 3. The van der Waals surface area contributed by atoms with E-state index in [2.05, 4.69) is 15.3 Å². The van der Waals surface area contributed by atoms with Gasteiger partial charge in [0.2, 0.25) is 5.95 Å². The third kappa shape index (κ3) is 5.46. The first-order chi connectivity index (χ1) is 14.1. The molecule has 0 saturated carbocycles. The van der Waals surface area contributed by atoms with Gasteiger partial charge in [-0.15, -0.1) is 0 Å². The lowest BCUT2D eigenvalue weighted by Gasteiger charge is -2.25. The van der Waals surface area contributed by atoms with Crippen LogP contribution in [0.5, 0.6) is 5.75 Å². The molecule has 1 aliphatic heterocycles. The van der Waals surface area contributed by atoms with Gasteiger partial charge in [0.25, 0.3) is 5.91 Å². The van der Waals surface area contributed by atoms with Crippen LogP contribution in [0.15, 0.2) is 30.5 Å². The second-order valence-electron chi connectivity index (χ2n) is 8.44. The van der Waals surface area contributed by atoms with Crippen LogP contribution in [0, 0.1) is 0 Å². The normalized spacial score (nSPS) is 12.9. The molecule has 30 heavy (non-hydrogen) atoms. The molecule has 0 bridgehead atoms. The molecule has 8 nitrogen and oxygen atoms in total. The SMILES string of the molecule is CC(C)Nc1nccc(N(CC(=O)OC(C)(C)C)C(=O)c2ccc3c(c2)CCO3)n1. The zero-order valence-electron chi connectivity index (χ0n) is 18.1. The second-order valence-corrected chi connectivity index (χ2v) is 8.44. The predicted molar refractivity (Wildman–Crippen MR) is 114 cm³/mol. The number of carbonyl (C=O) groups excluding carboxylic acids is 2. The van der Waals surface area contributed by atoms with Gasteiger partial charge in [-0.3, -0.25) is 14.5 Å². The Kier molecular flexibility index (Phi) is 6.24. The van der Waals surface area contributed by atoms with Gasteiger partial charge >= 0.3 is 5.97 Å². The smallest absolute Gasteiger partial charge is 0.326 e. The molecule has 8 heteroatoms. The Morgan fingerprint density at radius 3 is 2.73 bits per heavy atom. The minimum Gasteiger partial charge on any atom is -0.493 e. The van der Waals surface area contributed by atoms with Crippen LogP contribution >= 0.6 is 0 Å². The standard InChI is InChI=1S/C22H28N4O4/c1-14(2)24-21-23-10-8-18(25-21)26(13-19(27)30-22(3,4)5)20(28)16-6-7-17-15(12-16)9-11-29-17/h6-8,10,12,14H,9,11,13H2,1-5H3,(H,23,24,25). The number of hydrogen-bond acceptors (Lipinski definition) is 7. The average Bonchev–Trinajstić information content (AvgIpc) is 3.11. The number of rotatable bonds is 6. The Hall–Kier alpha value is -3.16. The Labute approximate surface area is 176 Å². The highest BCUT2D eigenvalue weighted by Gasteiger charge is 2.27. The predicted octanol–water partition coefficient (Wildman–Crippen LogP) is 3.22. The number of anilines is 2. The van der Waals surface area contributed by atoms with Crippen LogP contribution in [0.4, 0.5) is 11.8 Å². The Balaban J connectivity index is 1.93. The van der Waals surface area contributed by atoms with Crippen LogP contribution < -0.4 is 15.0 Å². The minimum atomic E-state index is -0.660. The number of ether oxygens (including phenoxy) is 2. The summed E-state index contributed by atoms with van der Waals surface area (Å²) in [5.41, 5.74) is 0.773. The van der Waals surface area contributed by atoms with Crippen LogP contribution in [0.3, 0.4) is 0 Å². The maximum absolute atomic E-state index is 13.4. The Bertz CT molecular complexity index is 937. The summed E-state index contributed by atoms with van der Waals surface area (Å²) in [5, 5.41) is 3.11. The highest BCUT2D eigenvalue weighted by atomic mass is 16.6. The van der Waals surface area contributed by atoms with Crippen molar-refractivity contribution in [2.45, 2.75) is 52.7 Å². The molecule has 160 valence electrons. The van der Waals surface area contributed by atoms with E-state index in [0.29, 0.717) is 23.9 Å². The summed E-state index contributed by atoms with van der Waals surface area (Å²) in [7, 11) is 0. The zero-order valence-corrected chi connectivity index (χ0v) is 18.1. The molecule has 0 aliphatic carbocycles. The topological polar surface area (TPSA) is 93.7 Å². The Morgan fingerprint density at radius 2 is 2.03 bits per heavy atom. The van der Waals surface area contributed by atoms with Crippen LogP contribution in [-0.4, -0.2) is 46.6 Å². The molecular weight excluding hydrogens is 384 g/mol. The van der Waals surface area contributed by atoms with E-state index in [9.17, 15) is 9.59 Å². The maximum atomic E-state index is 13.4. The number of fused-ring (bicyclic) bond motifs is 1. The van der Waals surface area contributed by atoms with Crippen molar-refractivity contribution in [1.29, 1.82) is 0 Å². The first kappa shape index (κ1) is 21.5. The third-order valence-corrected chi connectivity index (χ3v) is 4.22. The van der Waals surface area contributed by atoms with Crippen molar-refractivity contribution in [3.63, 3.8) is 0 Å². The van der Waals surface area contributed by atoms with Gasteiger partial charge in [-0.25, -0.2) is 4.98 Å². The van der Waals surface area contributed by atoms with Crippen molar-refractivity contribution in [3.05, 3.63) is 41.6 Å². The number of carbonyl (C=O) groups is 2. The van der Waals surface area contributed by atoms with Gasteiger partial charge in [0.15, 0.2) is 0 Å². The van der Waals surface area contributed by atoms with Crippen molar-refractivity contribution in [1.82, 2.24) is 9.97 Å². The molecule has 0 radical (unpaired) electrons. The molecule has 1 aliphatic rings. The largest absolute Gasteiger partial charge is 0.493 e. The molecular formula is C22H28N4O4. The fraction of sp³-hybridized carbons (Fsp3) is 0.455. The average molecular weight is 412 g/mol. The molecule has 0 fully saturated rings. The summed E-state index contributed by atoms with van der Waals surface area (Å²) in [6.45, 7) is 9.62. The number of esters is 1. The molecule has 1 amide bonds. The molecule has 0 saturated heterocycles. The lowest BCUT2D eigenvalue weighted by atomic mass is 10.1.